The van der Waals surface area contributed by atoms with E-state index in [-0.39, 0.29) is 12.3 Å². The lowest BCUT2D eigenvalue weighted by Crippen LogP contribution is -2.31. The van der Waals surface area contributed by atoms with Crippen molar-refractivity contribution in [3.8, 4) is 0 Å². The minimum atomic E-state index is -1.01. The Hall–Kier alpha value is -1.91. The van der Waals surface area contributed by atoms with Crippen LogP contribution in [-0.4, -0.2) is 28.4 Å². The fraction of sp³-hybridized carbons (Fsp3) is 0.467. The Labute approximate surface area is 117 Å². The summed E-state index contributed by atoms with van der Waals surface area (Å²) >= 11 is 0. The van der Waals surface area contributed by atoms with Gasteiger partial charge in [0.25, 0.3) is 0 Å². The Morgan fingerprint density at radius 2 is 2.20 bits per heavy atom. The maximum absolute atomic E-state index is 13.5. The maximum Gasteiger partial charge on any atom is 0.309 e. The van der Waals surface area contributed by atoms with Crippen molar-refractivity contribution in [2.75, 3.05) is 6.54 Å². The third kappa shape index (κ3) is 2.53. The molecule has 20 heavy (non-hydrogen) atoms. The van der Waals surface area contributed by atoms with E-state index in [1.54, 1.807) is 17.9 Å². The van der Waals surface area contributed by atoms with E-state index in [4.69, 9.17) is 0 Å². The van der Waals surface area contributed by atoms with Gasteiger partial charge in [-0.15, -0.1) is 0 Å². The molecule has 5 heteroatoms. The molecule has 1 aromatic rings. The highest BCUT2D eigenvalue weighted by atomic mass is 19.1. The highest BCUT2D eigenvalue weighted by Gasteiger charge is 2.44. The van der Waals surface area contributed by atoms with E-state index < -0.39 is 23.7 Å². The van der Waals surface area contributed by atoms with Crippen molar-refractivity contribution >= 4 is 11.9 Å². The molecule has 1 heterocycles. The highest BCUT2D eigenvalue weighted by Crippen LogP contribution is 2.39. The summed E-state index contributed by atoms with van der Waals surface area (Å²) in [5.41, 5.74) is 1.40. The van der Waals surface area contributed by atoms with Crippen molar-refractivity contribution in [3.63, 3.8) is 0 Å². The average molecular weight is 279 g/mol. The molecule has 1 N–H and O–H groups in total. The monoisotopic (exact) mass is 279 g/mol. The number of halogens is 1. The number of benzene rings is 1. The number of carbonyl (C=O) groups is 2. The molecular formula is C15H18FNO3. The number of rotatable bonds is 4. The molecule has 2 atom stereocenters. The van der Waals surface area contributed by atoms with Gasteiger partial charge >= 0.3 is 5.97 Å². The molecule has 0 saturated carbocycles. The van der Waals surface area contributed by atoms with Gasteiger partial charge < -0.3 is 10.0 Å². The fourth-order valence-electron chi connectivity index (χ4n) is 2.83. The third-order valence-corrected chi connectivity index (χ3v) is 3.77. The summed E-state index contributed by atoms with van der Waals surface area (Å²) in [6.07, 6.45) is 0.721. The second-order valence-corrected chi connectivity index (χ2v) is 5.18. The fourth-order valence-corrected chi connectivity index (χ4v) is 2.83. The summed E-state index contributed by atoms with van der Waals surface area (Å²) in [4.78, 5) is 25.0. The topological polar surface area (TPSA) is 57.6 Å². The first-order valence-electron chi connectivity index (χ1n) is 6.74. The van der Waals surface area contributed by atoms with Crippen molar-refractivity contribution in [2.45, 2.75) is 32.7 Å². The molecule has 2 unspecified atom stereocenters. The van der Waals surface area contributed by atoms with Crippen LogP contribution < -0.4 is 0 Å². The molecule has 0 radical (unpaired) electrons. The van der Waals surface area contributed by atoms with E-state index in [2.05, 4.69) is 0 Å². The van der Waals surface area contributed by atoms with Crippen LogP contribution in [0.25, 0.3) is 0 Å². The summed E-state index contributed by atoms with van der Waals surface area (Å²) in [5.74, 6) is -2.40. The Balaban J connectivity index is 2.48. The second kappa shape index (κ2) is 5.61. The molecule has 1 aliphatic heterocycles. The maximum atomic E-state index is 13.5. The van der Waals surface area contributed by atoms with Gasteiger partial charge in [-0.1, -0.05) is 13.0 Å². The quantitative estimate of drug-likeness (QED) is 0.921. The zero-order valence-electron chi connectivity index (χ0n) is 11.6. The summed E-state index contributed by atoms with van der Waals surface area (Å²) in [6.45, 7) is 4.22. The molecule has 1 aromatic carbocycles. The van der Waals surface area contributed by atoms with Crippen molar-refractivity contribution < 1.29 is 19.1 Å². The Morgan fingerprint density at radius 3 is 2.80 bits per heavy atom. The van der Waals surface area contributed by atoms with Gasteiger partial charge in [-0.2, -0.15) is 0 Å². The number of carboxylic acid groups (broad SMARTS) is 1. The first kappa shape index (κ1) is 14.5. The van der Waals surface area contributed by atoms with Gasteiger partial charge in [-0.25, -0.2) is 4.39 Å². The lowest BCUT2D eigenvalue weighted by molar-refractivity contribution is -0.142. The number of aryl methyl sites for hydroxylation is 1. The van der Waals surface area contributed by atoms with E-state index >= 15 is 0 Å². The van der Waals surface area contributed by atoms with Crippen LogP contribution in [-0.2, 0) is 9.59 Å². The van der Waals surface area contributed by atoms with Crippen LogP contribution in [0.2, 0.25) is 0 Å². The SMILES string of the molecule is CCCN1C(=O)CC(C(=O)O)C1c1cc(F)ccc1C. The standard InChI is InChI=1S/C15H18FNO3/c1-3-6-17-13(18)8-12(15(19)20)14(17)11-7-10(16)5-4-9(11)2/h4-5,7,12,14H,3,6,8H2,1-2H3,(H,19,20). The Kier molecular flexibility index (Phi) is 4.06. The van der Waals surface area contributed by atoms with Crippen LogP contribution in [0.3, 0.4) is 0 Å². The highest BCUT2D eigenvalue weighted by molar-refractivity contribution is 5.87. The minimum Gasteiger partial charge on any atom is -0.481 e. The molecule has 0 aliphatic carbocycles. The zero-order valence-corrected chi connectivity index (χ0v) is 11.6. The molecule has 1 amide bonds. The number of amides is 1. The first-order valence-corrected chi connectivity index (χ1v) is 6.74. The van der Waals surface area contributed by atoms with Crippen LogP contribution in [0, 0.1) is 18.7 Å². The van der Waals surface area contributed by atoms with Gasteiger partial charge in [0.15, 0.2) is 0 Å². The molecule has 2 rings (SSSR count). The van der Waals surface area contributed by atoms with Gasteiger partial charge in [0.2, 0.25) is 5.91 Å². The van der Waals surface area contributed by atoms with Crippen LogP contribution in [0.4, 0.5) is 4.39 Å². The van der Waals surface area contributed by atoms with E-state index in [0.29, 0.717) is 12.1 Å². The zero-order chi connectivity index (χ0) is 14.9. The van der Waals surface area contributed by atoms with Gasteiger partial charge in [-0.3, -0.25) is 9.59 Å². The van der Waals surface area contributed by atoms with Crippen LogP contribution >= 0.6 is 0 Å². The van der Waals surface area contributed by atoms with E-state index in [1.807, 2.05) is 6.92 Å². The van der Waals surface area contributed by atoms with E-state index in [9.17, 15) is 19.1 Å². The van der Waals surface area contributed by atoms with Gasteiger partial charge in [-0.05, 0) is 36.6 Å². The summed E-state index contributed by atoms with van der Waals surface area (Å²) < 4.78 is 13.5. The Morgan fingerprint density at radius 1 is 1.50 bits per heavy atom. The van der Waals surface area contributed by atoms with Gasteiger partial charge in [0.05, 0.1) is 12.0 Å². The summed E-state index contributed by atoms with van der Waals surface area (Å²) in [6, 6.07) is 3.74. The Bertz CT molecular complexity index is 544. The number of aliphatic carboxylic acids is 1. The van der Waals surface area contributed by atoms with Crippen LogP contribution in [0.1, 0.15) is 36.9 Å². The number of nitrogens with zero attached hydrogens (tertiary/aromatic N) is 1. The summed E-state index contributed by atoms with van der Waals surface area (Å²) in [5, 5.41) is 9.34. The molecule has 1 saturated heterocycles. The molecule has 1 fully saturated rings. The van der Waals surface area contributed by atoms with Gasteiger partial charge in [0, 0.05) is 13.0 Å². The lowest BCUT2D eigenvalue weighted by atomic mass is 9.91. The number of hydrogen-bond acceptors (Lipinski definition) is 2. The second-order valence-electron chi connectivity index (χ2n) is 5.18. The van der Waals surface area contributed by atoms with Crippen molar-refractivity contribution in [2.24, 2.45) is 5.92 Å². The molecule has 4 nitrogen and oxygen atoms in total. The molecular weight excluding hydrogens is 261 g/mol. The third-order valence-electron chi connectivity index (χ3n) is 3.77. The largest absolute Gasteiger partial charge is 0.481 e. The van der Waals surface area contributed by atoms with Crippen molar-refractivity contribution in [3.05, 3.63) is 35.1 Å². The molecule has 108 valence electrons. The molecule has 0 spiro atoms. The van der Waals surface area contributed by atoms with Crippen molar-refractivity contribution in [1.29, 1.82) is 0 Å². The van der Waals surface area contributed by atoms with E-state index in [0.717, 1.165) is 12.0 Å². The molecule has 0 bridgehead atoms. The number of carboxylic acids is 1. The predicted molar refractivity (Wildman–Crippen MR) is 71.6 cm³/mol. The minimum absolute atomic E-state index is 0.0179. The van der Waals surface area contributed by atoms with Crippen LogP contribution in [0.15, 0.2) is 18.2 Å². The normalized spacial score (nSPS) is 22.4. The van der Waals surface area contributed by atoms with E-state index in [1.165, 1.54) is 12.1 Å². The molecule has 0 aromatic heterocycles. The number of carbonyl (C=O) groups excluding carboxylic acids is 1. The smallest absolute Gasteiger partial charge is 0.309 e. The summed E-state index contributed by atoms with van der Waals surface area (Å²) in [7, 11) is 0. The lowest BCUT2D eigenvalue weighted by Gasteiger charge is -2.28. The van der Waals surface area contributed by atoms with Crippen LogP contribution in [0.5, 0.6) is 0 Å². The molecule has 1 aliphatic rings. The predicted octanol–water partition coefficient (Wildman–Crippen LogP) is 2.52. The first-order chi connectivity index (χ1) is 9.45. The average Bonchev–Trinajstić information content (AvgIpc) is 2.71. The number of hydrogen-bond donors (Lipinski definition) is 1. The number of likely N-dealkylation sites (tertiary alicyclic amines) is 1. The van der Waals surface area contributed by atoms with Crippen molar-refractivity contribution in [1.82, 2.24) is 4.90 Å². The van der Waals surface area contributed by atoms with Gasteiger partial charge in [0.1, 0.15) is 5.82 Å².